The van der Waals surface area contributed by atoms with Crippen molar-refractivity contribution >= 4 is 0 Å². The molecule has 0 aromatic carbocycles. The summed E-state index contributed by atoms with van der Waals surface area (Å²) in [4.78, 5) is 0. The molecule has 25 atom stereocenters. The van der Waals surface area contributed by atoms with E-state index < -0.39 is 187 Å². The molecule has 0 saturated carbocycles. The lowest BCUT2D eigenvalue weighted by Gasteiger charge is -2.49. The molecule has 0 amide bonds. The molecular formula is C30H52O26. The number of aliphatic hydroxyl groups is 17. The third-order valence-electron chi connectivity index (χ3n) is 10.3. The second-order valence-corrected chi connectivity index (χ2v) is 13.9. The van der Waals surface area contributed by atoms with Crippen LogP contribution < -0.4 is 0 Å². The molecule has 5 fully saturated rings. The van der Waals surface area contributed by atoms with Gasteiger partial charge in [0.1, 0.15) is 122 Å². The molecule has 5 aliphatic rings. The van der Waals surface area contributed by atoms with E-state index >= 15 is 0 Å². The highest BCUT2D eigenvalue weighted by Gasteiger charge is 2.56. The number of aliphatic hydroxyl groups excluding tert-OH is 17. The molecule has 0 aliphatic carbocycles. The summed E-state index contributed by atoms with van der Waals surface area (Å²) < 4.78 is 49.1. The van der Waals surface area contributed by atoms with Crippen molar-refractivity contribution in [1.82, 2.24) is 0 Å². The second kappa shape index (κ2) is 19.6. The van der Waals surface area contributed by atoms with Crippen molar-refractivity contribution in [2.75, 3.05) is 33.0 Å². The summed E-state index contributed by atoms with van der Waals surface area (Å²) in [5, 5.41) is 176. The van der Waals surface area contributed by atoms with Gasteiger partial charge >= 0.3 is 0 Å². The Morgan fingerprint density at radius 2 is 0.518 bits per heavy atom. The molecule has 0 unspecified atom stereocenters. The summed E-state index contributed by atoms with van der Waals surface area (Å²) in [6.07, 6.45) is -45.8. The quantitative estimate of drug-likeness (QED) is 0.0819. The molecule has 0 bridgehead atoms. The van der Waals surface area contributed by atoms with Crippen LogP contribution in [0.3, 0.4) is 0 Å². The van der Waals surface area contributed by atoms with E-state index in [1.807, 2.05) is 0 Å². The van der Waals surface area contributed by atoms with Crippen molar-refractivity contribution < 1.29 is 129 Å². The zero-order valence-corrected chi connectivity index (χ0v) is 29.2. The molecule has 17 N–H and O–H groups in total. The van der Waals surface area contributed by atoms with Gasteiger partial charge in [0.05, 0.1) is 33.0 Å². The van der Waals surface area contributed by atoms with E-state index in [9.17, 15) is 86.8 Å². The number of hydrogen-bond acceptors (Lipinski definition) is 26. The maximum absolute atomic E-state index is 11.1. The molecule has 5 rings (SSSR count). The van der Waals surface area contributed by atoms with Gasteiger partial charge in [-0.2, -0.15) is 0 Å². The molecule has 5 aliphatic heterocycles. The molecule has 5 heterocycles. The van der Waals surface area contributed by atoms with Crippen molar-refractivity contribution in [3.8, 4) is 0 Å². The van der Waals surface area contributed by atoms with E-state index in [2.05, 4.69) is 0 Å². The molecule has 328 valence electrons. The van der Waals surface area contributed by atoms with E-state index in [0.29, 0.717) is 0 Å². The van der Waals surface area contributed by atoms with Gasteiger partial charge in [-0.25, -0.2) is 0 Å². The lowest BCUT2D eigenvalue weighted by Crippen LogP contribution is -2.68. The zero-order valence-electron chi connectivity index (χ0n) is 29.2. The smallest absolute Gasteiger partial charge is 0.187 e. The Kier molecular flexibility index (Phi) is 16.1. The van der Waals surface area contributed by atoms with Crippen molar-refractivity contribution in [3.05, 3.63) is 0 Å². The van der Waals surface area contributed by atoms with E-state index in [0.717, 1.165) is 0 Å². The Morgan fingerprint density at radius 3 is 0.821 bits per heavy atom. The second-order valence-electron chi connectivity index (χ2n) is 13.9. The van der Waals surface area contributed by atoms with Crippen molar-refractivity contribution in [2.24, 2.45) is 0 Å². The molecule has 26 nitrogen and oxygen atoms in total. The van der Waals surface area contributed by atoms with Crippen LogP contribution >= 0.6 is 0 Å². The van der Waals surface area contributed by atoms with E-state index in [1.165, 1.54) is 0 Å². The van der Waals surface area contributed by atoms with Crippen LogP contribution in [-0.4, -0.2) is 273 Å². The summed E-state index contributed by atoms with van der Waals surface area (Å²) in [7, 11) is 0. The van der Waals surface area contributed by atoms with Crippen LogP contribution in [-0.2, 0) is 42.6 Å². The van der Waals surface area contributed by atoms with Gasteiger partial charge in [-0.3, -0.25) is 0 Å². The largest absolute Gasteiger partial charge is 0.394 e. The number of hydrogen-bond donors (Lipinski definition) is 17. The molecule has 26 heteroatoms. The molecule has 5 saturated heterocycles. The normalized spacial score (nSPS) is 53.2. The summed E-state index contributed by atoms with van der Waals surface area (Å²) in [5.41, 5.74) is 0. The maximum Gasteiger partial charge on any atom is 0.187 e. The highest BCUT2D eigenvalue weighted by molar-refractivity contribution is 4.99. The topological polar surface area (TPSA) is 427 Å². The van der Waals surface area contributed by atoms with Gasteiger partial charge in [-0.15, -0.1) is 0 Å². The summed E-state index contributed by atoms with van der Waals surface area (Å²) in [5.74, 6) is 0. The van der Waals surface area contributed by atoms with Crippen LogP contribution in [0.4, 0.5) is 0 Å². The Labute approximate surface area is 316 Å². The lowest BCUT2D eigenvalue weighted by atomic mass is 9.95. The van der Waals surface area contributed by atoms with Crippen molar-refractivity contribution in [1.29, 1.82) is 0 Å². The SMILES string of the molecule is OC[C@H]1O[C@@H](O[C@@H]2[C@H](O)[C@@H](O)[C@H](O[C@@H]3[C@H](O)[C@@H](O)[C@H](O[C@@H]4[C@H](O)[C@@H](O)[C@H](O[C@H]5[C@H](O)[C@@H](O)[C@@H](O)O[C@@H]5CO)O[C@@H]4CO)O[C@@H]3CO)O[C@@H]2CO)[C@H](O)[C@@H](O)[C@H]1O. The Hall–Kier alpha value is -1.04. The standard InChI is InChI=1S/C30H52O26/c31-1-6-11(36)12(37)18(43)27(49-6)54-23-8(3-33)51-29(20(45)14(23)39)56-25-10(5-35)52-30(21(46)16(25)41)55-24-9(4-34)50-28(19(44)15(24)40)53-22-7(2-32)48-26(47)17(42)13(22)38/h6-47H,1-5H2/t6-,7-,8-,9-,10-,11+,12+,13-,14-,15-,16-,17-,18-,19-,20-,21-,22-,23+,24+,25+,26+,27+,28+,29+,30+/m1/s1. The first-order chi connectivity index (χ1) is 26.5. The van der Waals surface area contributed by atoms with E-state index in [1.54, 1.807) is 0 Å². The highest BCUT2D eigenvalue weighted by Crippen LogP contribution is 2.35. The van der Waals surface area contributed by atoms with Gasteiger partial charge in [0.2, 0.25) is 0 Å². The minimum absolute atomic E-state index is 0.811. The van der Waals surface area contributed by atoms with Crippen molar-refractivity contribution in [3.63, 3.8) is 0 Å². The number of rotatable bonds is 13. The van der Waals surface area contributed by atoms with Crippen LogP contribution in [0.2, 0.25) is 0 Å². The molecule has 0 radical (unpaired) electrons. The first-order valence-corrected chi connectivity index (χ1v) is 17.6. The fourth-order valence-corrected chi connectivity index (χ4v) is 7.03. The van der Waals surface area contributed by atoms with Crippen LogP contribution in [0.1, 0.15) is 0 Å². The predicted octanol–water partition coefficient (Wildman–Crippen LogP) is -11.9. The monoisotopic (exact) mass is 828 g/mol. The molecule has 0 aromatic rings. The van der Waals surface area contributed by atoms with Crippen molar-refractivity contribution in [2.45, 2.75) is 154 Å². The third kappa shape index (κ3) is 9.16. The van der Waals surface area contributed by atoms with Crippen LogP contribution in [0, 0.1) is 0 Å². The first-order valence-electron chi connectivity index (χ1n) is 17.6. The lowest BCUT2D eigenvalue weighted by molar-refractivity contribution is -0.392. The maximum atomic E-state index is 11.1. The van der Waals surface area contributed by atoms with Gasteiger partial charge in [-0.05, 0) is 0 Å². The minimum atomic E-state index is -2.12. The third-order valence-corrected chi connectivity index (χ3v) is 10.3. The summed E-state index contributed by atoms with van der Waals surface area (Å²) >= 11 is 0. The van der Waals surface area contributed by atoms with Crippen LogP contribution in [0.25, 0.3) is 0 Å². The van der Waals surface area contributed by atoms with E-state index in [-0.39, 0.29) is 0 Å². The average Bonchev–Trinajstić information content (AvgIpc) is 3.19. The molecule has 0 spiro atoms. The molecule has 0 aromatic heterocycles. The fraction of sp³-hybridized carbons (Fsp3) is 1.00. The van der Waals surface area contributed by atoms with Gasteiger partial charge in [0.15, 0.2) is 31.5 Å². The first kappa shape index (κ1) is 46.0. The summed E-state index contributed by atoms with van der Waals surface area (Å²) in [6, 6.07) is 0. The zero-order chi connectivity index (χ0) is 41.3. The van der Waals surface area contributed by atoms with E-state index in [4.69, 9.17) is 42.6 Å². The summed E-state index contributed by atoms with van der Waals surface area (Å²) in [6.45, 7) is -4.51. The van der Waals surface area contributed by atoms with Gasteiger partial charge in [0, 0.05) is 0 Å². The van der Waals surface area contributed by atoms with Crippen LogP contribution in [0.5, 0.6) is 0 Å². The number of ether oxygens (including phenoxy) is 9. The van der Waals surface area contributed by atoms with Gasteiger partial charge < -0.3 is 129 Å². The van der Waals surface area contributed by atoms with Crippen LogP contribution in [0.15, 0.2) is 0 Å². The molecular weight excluding hydrogens is 776 g/mol. The Bertz CT molecular complexity index is 1200. The van der Waals surface area contributed by atoms with Gasteiger partial charge in [0.25, 0.3) is 0 Å². The van der Waals surface area contributed by atoms with Gasteiger partial charge in [-0.1, -0.05) is 0 Å². The molecule has 56 heavy (non-hydrogen) atoms. The average molecular weight is 829 g/mol. The minimum Gasteiger partial charge on any atom is -0.394 e. The Balaban J connectivity index is 1.22. The fourth-order valence-electron chi connectivity index (χ4n) is 7.03. The Morgan fingerprint density at radius 1 is 0.268 bits per heavy atom. The highest BCUT2D eigenvalue weighted by atomic mass is 16.8. The predicted molar refractivity (Wildman–Crippen MR) is 167 cm³/mol.